The van der Waals surface area contributed by atoms with Gasteiger partial charge in [-0.15, -0.1) is 0 Å². The molecule has 1 amide bonds. The van der Waals surface area contributed by atoms with Crippen LogP contribution >= 0.6 is 0 Å². The van der Waals surface area contributed by atoms with E-state index >= 15 is 0 Å². The molecule has 0 spiro atoms. The summed E-state index contributed by atoms with van der Waals surface area (Å²) in [5, 5.41) is 6.78. The van der Waals surface area contributed by atoms with Gasteiger partial charge in [0.25, 0.3) is 0 Å². The Labute approximate surface area is 173 Å². The molecular formula is C22H34N6O. The van der Waals surface area contributed by atoms with Crippen molar-refractivity contribution >= 4 is 22.9 Å². The van der Waals surface area contributed by atoms with Gasteiger partial charge in [-0.2, -0.15) is 0 Å². The molecule has 1 aliphatic rings. The van der Waals surface area contributed by atoms with Crippen LogP contribution in [0.25, 0.3) is 11.0 Å². The van der Waals surface area contributed by atoms with Gasteiger partial charge in [0.2, 0.25) is 5.91 Å². The first-order valence-corrected chi connectivity index (χ1v) is 10.8. The maximum atomic E-state index is 12.0. The average molecular weight is 399 g/mol. The number of aryl methyl sites for hydroxylation is 2. The molecule has 2 N–H and O–H groups in total. The highest BCUT2D eigenvalue weighted by Gasteiger charge is 2.26. The van der Waals surface area contributed by atoms with Gasteiger partial charge in [-0.1, -0.05) is 19.1 Å². The second kappa shape index (κ2) is 10.3. The van der Waals surface area contributed by atoms with E-state index in [9.17, 15) is 4.79 Å². The Kier molecular flexibility index (Phi) is 7.49. The van der Waals surface area contributed by atoms with E-state index in [1.165, 1.54) is 5.52 Å². The number of carbonyl (C=O) groups is 1. The molecule has 1 aliphatic heterocycles. The van der Waals surface area contributed by atoms with Gasteiger partial charge in [-0.05, 0) is 44.7 Å². The van der Waals surface area contributed by atoms with Gasteiger partial charge in [0, 0.05) is 45.7 Å². The first-order valence-electron chi connectivity index (χ1n) is 10.8. The van der Waals surface area contributed by atoms with E-state index in [1.54, 1.807) is 7.05 Å². The monoisotopic (exact) mass is 398 g/mol. The van der Waals surface area contributed by atoms with Crippen molar-refractivity contribution in [1.82, 2.24) is 25.1 Å². The molecule has 2 aromatic rings. The lowest BCUT2D eigenvalue weighted by atomic mass is 10.1. The van der Waals surface area contributed by atoms with Crippen molar-refractivity contribution in [3.05, 3.63) is 30.1 Å². The first kappa shape index (κ1) is 21.1. The molecule has 0 saturated carbocycles. The van der Waals surface area contributed by atoms with Crippen LogP contribution in [0.5, 0.6) is 0 Å². The third-order valence-electron chi connectivity index (χ3n) is 5.71. The van der Waals surface area contributed by atoms with E-state index in [2.05, 4.69) is 62.1 Å². The summed E-state index contributed by atoms with van der Waals surface area (Å²) < 4.78 is 2.27. The second-order valence-corrected chi connectivity index (χ2v) is 7.62. The number of nitrogens with one attached hydrogen (secondary N) is 2. The number of aliphatic imine (C=N–C) groups is 1. The number of imidazole rings is 1. The summed E-state index contributed by atoms with van der Waals surface area (Å²) in [4.78, 5) is 23.0. The SMILES string of the molecule is CCC(CCNC(=NC)NCCCn1c(C)nc2ccccc21)N1CCCC1=O. The number of guanidine groups is 1. The van der Waals surface area contributed by atoms with E-state index < -0.39 is 0 Å². The zero-order valence-electron chi connectivity index (χ0n) is 17.9. The summed E-state index contributed by atoms with van der Waals surface area (Å²) in [6.07, 6.45) is 4.64. The zero-order chi connectivity index (χ0) is 20.6. The molecule has 1 fully saturated rings. The average Bonchev–Trinajstić information content (AvgIpc) is 3.29. The van der Waals surface area contributed by atoms with Crippen LogP contribution in [0, 0.1) is 6.92 Å². The number of hydrogen-bond donors (Lipinski definition) is 2. The second-order valence-electron chi connectivity index (χ2n) is 7.62. The fourth-order valence-corrected chi connectivity index (χ4v) is 4.14. The van der Waals surface area contributed by atoms with Crippen molar-refractivity contribution in [3.8, 4) is 0 Å². The fourth-order valence-electron chi connectivity index (χ4n) is 4.14. The van der Waals surface area contributed by atoms with Crippen LogP contribution in [0.15, 0.2) is 29.3 Å². The summed E-state index contributed by atoms with van der Waals surface area (Å²) in [6.45, 7) is 7.70. The van der Waals surface area contributed by atoms with Gasteiger partial charge >= 0.3 is 0 Å². The van der Waals surface area contributed by atoms with Gasteiger partial charge in [-0.25, -0.2) is 4.98 Å². The van der Waals surface area contributed by atoms with Gasteiger partial charge in [-0.3, -0.25) is 9.79 Å². The van der Waals surface area contributed by atoms with Crippen LogP contribution in [0.1, 0.15) is 44.9 Å². The van der Waals surface area contributed by atoms with E-state index in [-0.39, 0.29) is 0 Å². The number of benzene rings is 1. The molecule has 0 bridgehead atoms. The molecule has 0 radical (unpaired) electrons. The van der Waals surface area contributed by atoms with Crippen LogP contribution in [0.3, 0.4) is 0 Å². The highest BCUT2D eigenvalue weighted by molar-refractivity contribution is 5.80. The maximum absolute atomic E-state index is 12.0. The standard InChI is InChI=1S/C22H34N6O/c1-4-18(28-15-7-11-21(28)29)12-14-25-22(23-3)24-13-8-16-27-17(2)26-19-9-5-6-10-20(19)27/h5-6,9-10,18H,4,7-8,11-16H2,1-3H3,(H2,23,24,25). The molecule has 3 rings (SSSR count). The molecule has 1 saturated heterocycles. The summed E-state index contributed by atoms with van der Waals surface area (Å²) in [5.41, 5.74) is 2.24. The van der Waals surface area contributed by atoms with Crippen molar-refractivity contribution in [1.29, 1.82) is 0 Å². The maximum Gasteiger partial charge on any atom is 0.222 e. The van der Waals surface area contributed by atoms with E-state index in [0.29, 0.717) is 18.4 Å². The van der Waals surface area contributed by atoms with E-state index in [0.717, 1.165) is 69.2 Å². The summed E-state index contributed by atoms with van der Waals surface area (Å²) in [6, 6.07) is 8.59. The molecule has 1 atom stereocenters. The van der Waals surface area contributed by atoms with Gasteiger partial charge in [0.05, 0.1) is 11.0 Å². The van der Waals surface area contributed by atoms with Gasteiger partial charge < -0.3 is 20.1 Å². The quantitative estimate of drug-likeness (QED) is 0.387. The minimum Gasteiger partial charge on any atom is -0.356 e. The van der Waals surface area contributed by atoms with Crippen LogP contribution in [0.4, 0.5) is 0 Å². The lowest BCUT2D eigenvalue weighted by Gasteiger charge is -2.27. The Morgan fingerprint density at radius 2 is 2.07 bits per heavy atom. The molecule has 1 unspecified atom stereocenters. The smallest absolute Gasteiger partial charge is 0.222 e. The van der Waals surface area contributed by atoms with Crippen LogP contribution in [0.2, 0.25) is 0 Å². The van der Waals surface area contributed by atoms with Crippen molar-refractivity contribution in [3.63, 3.8) is 0 Å². The van der Waals surface area contributed by atoms with E-state index in [4.69, 9.17) is 0 Å². The van der Waals surface area contributed by atoms with Crippen molar-refractivity contribution in [2.24, 2.45) is 4.99 Å². The fraction of sp³-hybridized carbons (Fsp3) is 0.591. The molecule has 7 nitrogen and oxygen atoms in total. The van der Waals surface area contributed by atoms with Crippen molar-refractivity contribution < 1.29 is 4.79 Å². The number of hydrogen-bond acceptors (Lipinski definition) is 3. The number of amides is 1. The molecule has 0 aliphatic carbocycles. The number of rotatable bonds is 9. The van der Waals surface area contributed by atoms with Crippen molar-refractivity contribution in [2.45, 2.75) is 58.5 Å². The largest absolute Gasteiger partial charge is 0.356 e. The Morgan fingerprint density at radius 1 is 1.28 bits per heavy atom. The van der Waals surface area contributed by atoms with Gasteiger partial charge in [0.1, 0.15) is 5.82 Å². The number of fused-ring (bicyclic) bond motifs is 1. The Balaban J connectivity index is 1.40. The Bertz CT molecular complexity index is 843. The Hall–Kier alpha value is -2.57. The summed E-state index contributed by atoms with van der Waals surface area (Å²) >= 11 is 0. The number of para-hydroxylation sites is 2. The minimum atomic E-state index is 0.307. The van der Waals surface area contributed by atoms with Crippen molar-refractivity contribution in [2.75, 3.05) is 26.7 Å². The highest BCUT2D eigenvalue weighted by Crippen LogP contribution is 2.18. The minimum absolute atomic E-state index is 0.307. The molecule has 29 heavy (non-hydrogen) atoms. The third kappa shape index (κ3) is 5.28. The summed E-state index contributed by atoms with van der Waals surface area (Å²) in [7, 11) is 1.80. The predicted octanol–water partition coefficient (Wildman–Crippen LogP) is 2.69. The third-order valence-corrected chi connectivity index (χ3v) is 5.71. The molecule has 158 valence electrons. The van der Waals surface area contributed by atoms with Crippen LogP contribution in [-0.4, -0.2) is 59.0 Å². The number of likely N-dealkylation sites (tertiary alicyclic amines) is 1. The topological polar surface area (TPSA) is 74.6 Å². The lowest BCUT2D eigenvalue weighted by molar-refractivity contribution is -0.129. The first-order chi connectivity index (χ1) is 14.1. The normalized spacial score (nSPS) is 15.9. The summed E-state index contributed by atoms with van der Waals surface area (Å²) in [5.74, 6) is 2.18. The van der Waals surface area contributed by atoms with Crippen LogP contribution < -0.4 is 10.6 Å². The molecular weight excluding hydrogens is 364 g/mol. The predicted molar refractivity (Wildman–Crippen MR) is 118 cm³/mol. The number of nitrogens with zero attached hydrogens (tertiary/aromatic N) is 4. The molecule has 2 heterocycles. The lowest BCUT2D eigenvalue weighted by Crippen LogP contribution is -2.42. The number of carbonyl (C=O) groups excluding carboxylic acids is 1. The molecule has 1 aromatic carbocycles. The Morgan fingerprint density at radius 3 is 2.79 bits per heavy atom. The zero-order valence-corrected chi connectivity index (χ0v) is 17.9. The van der Waals surface area contributed by atoms with Gasteiger partial charge in [0.15, 0.2) is 5.96 Å². The highest BCUT2D eigenvalue weighted by atomic mass is 16.2. The van der Waals surface area contributed by atoms with E-state index in [1.807, 2.05) is 6.07 Å². The molecule has 7 heteroatoms. The number of aromatic nitrogens is 2. The molecule has 1 aromatic heterocycles. The van der Waals surface area contributed by atoms with Crippen LogP contribution in [-0.2, 0) is 11.3 Å².